The van der Waals surface area contributed by atoms with Gasteiger partial charge in [0.15, 0.2) is 0 Å². The maximum Gasteiger partial charge on any atom is 0.124 e. The van der Waals surface area contributed by atoms with Crippen molar-refractivity contribution in [2.45, 2.75) is 0 Å². The van der Waals surface area contributed by atoms with E-state index in [1.807, 2.05) is 42.5 Å². The van der Waals surface area contributed by atoms with Gasteiger partial charge in [-0.25, -0.2) is 9.97 Å². The van der Waals surface area contributed by atoms with E-state index < -0.39 is 0 Å². The summed E-state index contributed by atoms with van der Waals surface area (Å²) in [6.45, 7) is 0. The summed E-state index contributed by atoms with van der Waals surface area (Å²) in [7, 11) is 0. The Bertz CT molecular complexity index is 962. The molecule has 4 rings (SSSR count). The van der Waals surface area contributed by atoms with Crippen molar-refractivity contribution in [1.29, 1.82) is 0 Å². The van der Waals surface area contributed by atoms with E-state index in [4.69, 9.17) is 0 Å². The van der Waals surface area contributed by atoms with E-state index in [1.165, 1.54) is 6.33 Å². The lowest BCUT2D eigenvalue weighted by molar-refractivity contribution is 0.477. The molecule has 116 valence electrons. The molecule has 2 aromatic heterocycles. The molecular formula is C19H14N4O. The zero-order valence-electron chi connectivity index (χ0n) is 12.7. The summed E-state index contributed by atoms with van der Waals surface area (Å²) in [5.41, 5.74) is 5.35. The van der Waals surface area contributed by atoms with Crippen molar-refractivity contribution in [1.82, 2.24) is 20.2 Å². The lowest BCUT2D eigenvalue weighted by Gasteiger charge is -2.02. The van der Waals surface area contributed by atoms with E-state index in [2.05, 4.69) is 20.2 Å². The van der Waals surface area contributed by atoms with E-state index >= 15 is 0 Å². The number of nitrogens with one attached hydrogen (secondary N) is 1. The first-order valence-corrected chi connectivity index (χ1v) is 7.51. The smallest absolute Gasteiger partial charge is 0.124 e. The van der Waals surface area contributed by atoms with Crippen molar-refractivity contribution in [3.05, 3.63) is 73.3 Å². The second-order valence-corrected chi connectivity index (χ2v) is 5.39. The molecule has 2 heterocycles. The molecule has 5 nitrogen and oxygen atoms in total. The molecule has 0 spiro atoms. The van der Waals surface area contributed by atoms with Crippen LogP contribution in [0.25, 0.3) is 33.6 Å². The first kappa shape index (κ1) is 14.1. The van der Waals surface area contributed by atoms with E-state index in [9.17, 15) is 5.11 Å². The lowest BCUT2D eigenvalue weighted by Crippen LogP contribution is -1.83. The number of aromatic amines is 1. The summed E-state index contributed by atoms with van der Waals surface area (Å²) in [6.07, 6.45) is 5.09. The largest absolute Gasteiger partial charge is 0.507 e. The maximum atomic E-state index is 9.95. The van der Waals surface area contributed by atoms with Crippen LogP contribution < -0.4 is 0 Å². The van der Waals surface area contributed by atoms with Crippen LogP contribution in [0.4, 0.5) is 0 Å². The Morgan fingerprint density at radius 2 is 1.50 bits per heavy atom. The van der Waals surface area contributed by atoms with Gasteiger partial charge in [0, 0.05) is 29.1 Å². The van der Waals surface area contributed by atoms with E-state index in [0.717, 1.165) is 33.6 Å². The monoisotopic (exact) mass is 314 g/mol. The second kappa shape index (κ2) is 5.96. The Kier molecular flexibility index (Phi) is 3.51. The zero-order chi connectivity index (χ0) is 16.4. The molecule has 0 bridgehead atoms. The van der Waals surface area contributed by atoms with Crippen LogP contribution in [0.15, 0.2) is 73.3 Å². The molecule has 4 aromatic rings. The summed E-state index contributed by atoms with van der Waals surface area (Å²) in [4.78, 5) is 8.07. The molecule has 0 aliphatic rings. The number of rotatable bonds is 3. The highest BCUT2D eigenvalue weighted by Crippen LogP contribution is 2.30. The van der Waals surface area contributed by atoms with Crippen LogP contribution >= 0.6 is 0 Å². The van der Waals surface area contributed by atoms with Gasteiger partial charge in [0.05, 0.1) is 11.4 Å². The minimum atomic E-state index is 0.229. The Morgan fingerprint density at radius 1 is 0.792 bits per heavy atom. The van der Waals surface area contributed by atoms with E-state index in [-0.39, 0.29) is 5.75 Å². The van der Waals surface area contributed by atoms with E-state index in [1.54, 1.807) is 24.5 Å². The molecule has 0 saturated heterocycles. The van der Waals surface area contributed by atoms with Crippen LogP contribution in [-0.4, -0.2) is 25.3 Å². The summed E-state index contributed by atoms with van der Waals surface area (Å²) >= 11 is 0. The fourth-order valence-corrected chi connectivity index (χ4v) is 2.59. The number of benzene rings is 2. The average Bonchev–Trinajstić information content (AvgIpc) is 3.13. The highest BCUT2D eigenvalue weighted by molar-refractivity contribution is 5.73. The molecule has 0 aliphatic heterocycles. The number of H-pyrrole nitrogens is 1. The van der Waals surface area contributed by atoms with Gasteiger partial charge in [-0.05, 0) is 23.8 Å². The molecule has 0 atom stereocenters. The van der Waals surface area contributed by atoms with E-state index in [0.29, 0.717) is 0 Å². The molecule has 5 heteroatoms. The number of aromatic nitrogens is 4. The average molecular weight is 314 g/mol. The Labute approximate surface area is 138 Å². The fourth-order valence-electron chi connectivity index (χ4n) is 2.59. The van der Waals surface area contributed by atoms with Crippen LogP contribution in [0, 0.1) is 0 Å². The van der Waals surface area contributed by atoms with Crippen LogP contribution in [0.1, 0.15) is 0 Å². The van der Waals surface area contributed by atoms with Gasteiger partial charge < -0.3 is 5.11 Å². The number of para-hydroxylation sites is 1. The number of hydrogen-bond donors (Lipinski definition) is 2. The van der Waals surface area contributed by atoms with Crippen molar-refractivity contribution in [3.63, 3.8) is 0 Å². The molecule has 0 amide bonds. The van der Waals surface area contributed by atoms with Gasteiger partial charge in [0.2, 0.25) is 0 Å². The van der Waals surface area contributed by atoms with Crippen molar-refractivity contribution >= 4 is 0 Å². The standard InChI is InChI=1S/C19H14N4O/c24-19-4-2-1-3-16(19)18-9-17(22-23-18)14-7-5-13(6-8-14)15-10-20-12-21-11-15/h1-12,24H,(H,22,23). The maximum absolute atomic E-state index is 9.95. The van der Waals surface area contributed by atoms with Crippen molar-refractivity contribution < 1.29 is 5.11 Å². The second-order valence-electron chi connectivity index (χ2n) is 5.39. The quantitative estimate of drug-likeness (QED) is 0.601. The van der Waals surface area contributed by atoms with Gasteiger partial charge in [0.1, 0.15) is 12.1 Å². The molecule has 24 heavy (non-hydrogen) atoms. The minimum Gasteiger partial charge on any atom is -0.507 e. The molecule has 0 aliphatic carbocycles. The van der Waals surface area contributed by atoms with Crippen LogP contribution in [0.2, 0.25) is 0 Å². The Balaban J connectivity index is 1.65. The number of hydrogen-bond acceptors (Lipinski definition) is 4. The predicted octanol–water partition coefficient (Wildman–Crippen LogP) is 3.91. The Morgan fingerprint density at radius 3 is 2.25 bits per heavy atom. The highest BCUT2D eigenvalue weighted by Gasteiger charge is 2.09. The SMILES string of the molecule is Oc1ccccc1-c1cc(-c2ccc(-c3cncnc3)cc2)n[nH]1. The third-order valence-electron chi connectivity index (χ3n) is 3.85. The van der Waals surface area contributed by atoms with Crippen LogP contribution in [0.3, 0.4) is 0 Å². The molecular weight excluding hydrogens is 300 g/mol. The predicted molar refractivity (Wildman–Crippen MR) is 92.2 cm³/mol. The van der Waals surface area contributed by atoms with Crippen molar-refractivity contribution in [2.75, 3.05) is 0 Å². The third-order valence-corrected chi connectivity index (χ3v) is 3.85. The number of phenolic OH excluding ortho intramolecular Hbond substituents is 1. The summed E-state index contributed by atoms with van der Waals surface area (Å²) in [5.74, 6) is 0.229. The molecule has 0 unspecified atom stereocenters. The topological polar surface area (TPSA) is 74.7 Å². The van der Waals surface area contributed by atoms with Gasteiger partial charge in [-0.1, -0.05) is 36.4 Å². The minimum absolute atomic E-state index is 0.229. The van der Waals surface area contributed by atoms with Crippen molar-refractivity contribution in [3.8, 4) is 39.4 Å². The van der Waals surface area contributed by atoms with Gasteiger partial charge >= 0.3 is 0 Å². The normalized spacial score (nSPS) is 10.7. The highest BCUT2D eigenvalue weighted by atomic mass is 16.3. The third kappa shape index (κ3) is 2.63. The molecule has 0 saturated carbocycles. The number of phenols is 1. The zero-order valence-corrected chi connectivity index (χ0v) is 12.7. The first-order chi connectivity index (χ1) is 11.8. The molecule has 0 fully saturated rings. The van der Waals surface area contributed by atoms with Crippen molar-refractivity contribution in [2.24, 2.45) is 0 Å². The molecule has 0 radical (unpaired) electrons. The van der Waals surface area contributed by atoms with Gasteiger partial charge in [0.25, 0.3) is 0 Å². The number of aromatic hydroxyl groups is 1. The fraction of sp³-hybridized carbons (Fsp3) is 0. The lowest BCUT2D eigenvalue weighted by atomic mass is 10.0. The first-order valence-electron chi connectivity index (χ1n) is 7.51. The van der Waals surface area contributed by atoms with Gasteiger partial charge in [-0.2, -0.15) is 5.10 Å². The molecule has 2 aromatic carbocycles. The molecule has 2 N–H and O–H groups in total. The summed E-state index contributed by atoms with van der Waals surface area (Å²) < 4.78 is 0. The summed E-state index contributed by atoms with van der Waals surface area (Å²) in [5, 5.41) is 17.3. The van der Waals surface area contributed by atoms with Crippen LogP contribution in [-0.2, 0) is 0 Å². The van der Waals surface area contributed by atoms with Gasteiger partial charge in [-0.3, -0.25) is 5.10 Å². The van der Waals surface area contributed by atoms with Crippen LogP contribution in [0.5, 0.6) is 5.75 Å². The summed E-state index contributed by atoms with van der Waals surface area (Å²) in [6, 6.07) is 17.2. The number of nitrogens with zero attached hydrogens (tertiary/aromatic N) is 3. The Hall–Kier alpha value is -3.47. The van der Waals surface area contributed by atoms with Gasteiger partial charge in [-0.15, -0.1) is 0 Å².